The molecule has 0 aromatic rings. The SMILES string of the molecule is CCC(OC(=O)C(C)(C)C)C1=CC=C(I)CC1C(C)OC(=O)C(C)(C)C. The van der Waals surface area contributed by atoms with Crippen molar-refractivity contribution in [2.24, 2.45) is 16.7 Å². The minimum atomic E-state index is -0.549. The van der Waals surface area contributed by atoms with Crippen LogP contribution in [0.2, 0.25) is 0 Å². The Bertz CT molecular complexity index is 590. The van der Waals surface area contributed by atoms with Gasteiger partial charge in [-0.25, -0.2) is 0 Å². The van der Waals surface area contributed by atoms with Gasteiger partial charge in [-0.3, -0.25) is 9.59 Å². The first kappa shape index (κ1) is 23.2. The van der Waals surface area contributed by atoms with Crippen molar-refractivity contribution in [2.75, 3.05) is 0 Å². The van der Waals surface area contributed by atoms with E-state index in [0.29, 0.717) is 6.42 Å². The van der Waals surface area contributed by atoms with Gasteiger partial charge in [0.15, 0.2) is 0 Å². The highest BCUT2D eigenvalue weighted by Crippen LogP contribution is 2.37. The Hall–Kier alpha value is -0.850. The summed E-state index contributed by atoms with van der Waals surface area (Å²) in [5.41, 5.74) is -0.0644. The largest absolute Gasteiger partial charge is 0.462 e. The molecule has 0 saturated heterocycles. The molecule has 1 aliphatic rings. The molecule has 0 spiro atoms. The van der Waals surface area contributed by atoms with E-state index in [2.05, 4.69) is 28.7 Å². The van der Waals surface area contributed by atoms with Gasteiger partial charge in [0.2, 0.25) is 0 Å². The lowest BCUT2D eigenvalue weighted by molar-refractivity contribution is -0.162. The molecule has 0 aliphatic heterocycles. The summed E-state index contributed by atoms with van der Waals surface area (Å²) in [7, 11) is 0. The van der Waals surface area contributed by atoms with E-state index in [-0.39, 0.29) is 30.1 Å². The number of rotatable bonds is 5. The predicted octanol–water partition coefficient (Wildman–Crippen LogP) is 5.60. The van der Waals surface area contributed by atoms with Crippen molar-refractivity contribution in [3.8, 4) is 0 Å². The highest BCUT2D eigenvalue weighted by Gasteiger charge is 2.36. The third kappa shape index (κ3) is 6.39. The molecule has 26 heavy (non-hydrogen) atoms. The summed E-state index contributed by atoms with van der Waals surface area (Å²) >= 11 is 2.31. The van der Waals surface area contributed by atoms with Gasteiger partial charge >= 0.3 is 11.9 Å². The van der Waals surface area contributed by atoms with Crippen molar-refractivity contribution in [1.29, 1.82) is 0 Å². The van der Waals surface area contributed by atoms with Crippen molar-refractivity contribution in [2.45, 2.75) is 80.4 Å². The number of esters is 2. The molecule has 1 aliphatic carbocycles. The Morgan fingerprint density at radius 2 is 1.58 bits per heavy atom. The lowest BCUT2D eigenvalue weighted by Gasteiger charge is -2.34. The second-order valence-corrected chi connectivity index (χ2v) is 10.4. The predicted molar refractivity (Wildman–Crippen MR) is 113 cm³/mol. The summed E-state index contributed by atoms with van der Waals surface area (Å²) in [6.45, 7) is 15.0. The molecular formula is C21H33IO4. The van der Waals surface area contributed by atoms with E-state index in [1.165, 1.54) is 3.58 Å². The third-order valence-electron chi connectivity index (χ3n) is 4.38. The van der Waals surface area contributed by atoms with Gasteiger partial charge in [-0.2, -0.15) is 0 Å². The zero-order chi connectivity index (χ0) is 20.3. The first-order chi connectivity index (χ1) is 11.8. The lowest BCUT2D eigenvalue weighted by atomic mass is 9.83. The highest BCUT2D eigenvalue weighted by atomic mass is 127. The fourth-order valence-electron chi connectivity index (χ4n) is 2.61. The van der Waals surface area contributed by atoms with Gasteiger partial charge in [0.25, 0.3) is 0 Å². The zero-order valence-corrected chi connectivity index (χ0v) is 19.5. The lowest BCUT2D eigenvalue weighted by Crippen LogP contribution is -2.37. The first-order valence-corrected chi connectivity index (χ1v) is 10.3. The molecule has 1 rings (SSSR count). The van der Waals surface area contributed by atoms with Gasteiger partial charge in [-0.05, 0) is 93.1 Å². The van der Waals surface area contributed by atoms with Crippen LogP contribution >= 0.6 is 22.6 Å². The quantitative estimate of drug-likeness (QED) is 0.383. The molecule has 0 saturated carbocycles. The molecule has 0 heterocycles. The van der Waals surface area contributed by atoms with Gasteiger partial charge in [0.05, 0.1) is 10.8 Å². The van der Waals surface area contributed by atoms with E-state index in [4.69, 9.17) is 9.47 Å². The standard InChI is InChI=1S/C21H33IO4/c1-9-17(26-19(24)21(6,7)8)15-11-10-14(22)12-16(15)13(2)25-18(23)20(3,4)5/h10-11,13,16-17H,9,12H2,1-8H3. The molecule has 3 unspecified atom stereocenters. The second-order valence-electron chi connectivity index (χ2n) is 9.00. The monoisotopic (exact) mass is 476 g/mol. The number of allylic oxidation sites excluding steroid dienone is 3. The summed E-state index contributed by atoms with van der Waals surface area (Å²) in [6, 6.07) is 0. The van der Waals surface area contributed by atoms with Gasteiger partial charge in [-0.1, -0.05) is 19.1 Å². The number of ether oxygens (including phenoxy) is 2. The summed E-state index contributed by atoms with van der Waals surface area (Å²) in [6.07, 6.45) is 4.97. The van der Waals surface area contributed by atoms with Crippen LogP contribution < -0.4 is 0 Å². The van der Waals surface area contributed by atoms with E-state index in [0.717, 1.165) is 12.0 Å². The summed E-state index contributed by atoms with van der Waals surface area (Å²) < 4.78 is 12.8. The van der Waals surface area contributed by atoms with Crippen LogP contribution in [0.3, 0.4) is 0 Å². The van der Waals surface area contributed by atoms with Crippen molar-refractivity contribution >= 4 is 34.5 Å². The molecule has 0 amide bonds. The molecule has 0 radical (unpaired) electrons. The number of halogens is 1. The van der Waals surface area contributed by atoms with Crippen LogP contribution in [0, 0.1) is 16.7 Å². The van der Waals surface area contributed by atoms with E-state index in [1.807, 2.05) is 61.5 Å². The van der Waals surface area contributed by atoms with E-state index in [9.17, 15) is 9.59 Å². The van der Waals surface area contributed by atoms with Crippen LogP contribution in [0.1, 0.15) is 68.2 Å². The van der Waals surface area contributed by atoms with Crippen LogP contribution in [-0.2, 0) is 19.1 Å². The van der Waals surface area contributed by atoms with Crippen molar-refractivity contribution in [3.63, 3.8) is 0 Å². The Morgan fingerprint density at radius 1 is 1.08 bits per heavy atom. The van der Waals surface area contributed by atoms with Crippen LogP contribution in [0.25, 0.3) is 0 Å². The molecular weight excluding hydrogens is 443 g/mol. The Kier molecular flexibility index (Phi) is 7.93. The molecule has 0 aromatic carbocycles. The Morgan fingerprint density at radius 3 is 2.04 bits per heavy atom. The van der Waals surface area contributed by atoms with Crippen LogP contribution in [-0.4, -0.2) is 24.1 Å². The number of hydrogen-bond donors (Lipinski definition) is 0. The molecule has 148 valence electrons. The topological polar surface area (TPSA) is 52.6 Å². The molecule has 0 aromatic heterocycles. The Labute approximate surface area is 171 Å². The van der Waals surface area contributed by atoms with Crippen molar-refractivity contribution < 1.29 is 19.1 Å². The van der Waals surface area contributed by atoms with E-state index in [1.54, 1.807) is 0 Å². The normalized spacial score (nSPS) is 20.6. The number of carbonyl (C=O) groups excluding carboxylic acids is 2. The molecule has 4 nitrogen and oxygen atoms in total. The molecule has 0 N–H and O–H groups in total. The minimum Gasteiger partial charge on any atom is -0.462 e. The molecule has 5 heteroatoms. The number of hydrogen-bond acceptors (Lipinski definition) is 4. The van der Waals surface area contributed by atoms with Gasteiger partial charge in [0, 0.05) is 5.92 Å². The van der Waals surface area contributed by atoms with Crippen LogP contribution in [0.4, 0.5) is 0 Å². The smallest absolute Gasteiger partial charge is 0.311 e. The van der Waals surface area contributed by atoms with Gasteiger partial charge < -0.3 is 9.47 Å². The molecule has 0 fully saturated rings. The maximum atomic E-state index is 12.4. The maximum Gasteiger partial charge on any atom is 0.311 e. The van der Waals surface area contributed by atoms with E-state index >= 15 is 0 Å². The zero-order valence-electron chi connectivity index (χ0n) is 17.3. The average molecular weight is 476 g/mol. The summed E-state index contributed by atoms with van der Waals surface area (Å²) in [4.78, 5) is 24.7. The minimum absolute atomic E-state index is 0.0101. The van der Waals surface area contributed by atoms with Crippen LogP contribution in [0.5, 0.6) is 0 Å². The maximum absolute atomic E-state index is 12.4. The van der Waals surface area contributed by atoms with Gasteiger partial charge in [-0.15, -0.1) is 0 Å². The second kappa shape index (κ2) is 8.89. The highest BCUT2D eigenvalue weighted by molar-refractivity contribution is 14.1. The fraction of sp³-hybridized carbons (Fsp3) is 0.714. The Balaban J connectivity index is 3.03. The summed E-state index contributed by atoms with van der Waals surface area (Å²) in [5, 5.41) is 0. The van der Waals surface area contributed by atoms with E-state index < -0.39 is 10.8 Å². The van der Waals surface area contributed by atoms with Crippen molar-refractivity contribution in [3.05, 3.63) is 21.3 Å². The first-order valence-electron chi connectivity index (χ1n) is 9.25. The third-order valence-corrected chi connectivity index (χ3v) is 5.18. The summed E-state index contributed by atoms with van der Waals surface area (Å²) in [5.74, 6) is -0.419. The fourth-order valence-corrected chi connectivity index (χ4v) is 3.26. The average Bonchev–Trinajstić information content (AvgIpc) is 2.50. The molecule has 0 bridgehead atoms. The van der Waals surface area contributed by atoms with Gasteiger partial charge in [0.1, 0.15) is 12.2 Å². The van der Waals surface area contributed by atoms with Crippen molar-refractivity contribution in [1.82, 2.24) is 0 Å². The molecule has 3 atom stereocenters. The van der Waals surface area contributed by atoms with Crippen LogP contribution in [0.15, 0.2) is 21.3 Å². The number of carbonyl (C=O) groups is 2.